The summed E-state index contributed by atoms with van der Waals surface area (Å²) in [5.74, 6) is -0.829. The maximum Gasteiger partial charge on any atom is 0.261 e. The molecule has 0 aliphatic heterocycles. The first-order chi connectivity index (χ1) is 11.6. The van der Waals surface area contributed by atoms with Crippen LogP contribution in [0.15, 0.2) is 53.7 Å². The van der Waals surface area contributed by atoms with E-state index in [1.54, 1.807) is 6.20 Å². The van der Waals surface area contributed by atoms with Crippen molar-refractivity contribution in [1.29, 1.82) is 0 Å². The van der Waals surface area contributed by atoms with Crippen LogP contribution in [0.3, 0.4) is 0 Å². The Labute approximate surface area is 137 Å². The number of carbonyl (C=O) groups excluding carboxylic acids is 1. The number of nitrogens with one attached hydrogen (secondary N) is 1. The van der Waals surface area contributed by atoms with Gasteiger partial charge in [-0.05, 0) is 30.3 Å². The number of benzene rings is 1. The number of nitrogens with zero attached hydrogens (tertiary/aromatic N) is 3. The van der Waals surface area contributed by atoms with Gasteiger partial charge < -0.3 is 5.32 Å². The van der Waals surface area contributed by atoms with Crippen LogP contribution in [-0.4, -0.2) is 27.0 Å². The van der Waals surface area contributed by atoms with Gasteiger partial charge in [-0.3, -0.25) is 19.1 Å². The molecule has 0 aliphatic rings. The zero-order chi connectivity index (χ0) is 16.9. The van der Waals surface area contributed by atoms with E-state index < -0.39 is 11.4 Å². The van der Waals surface area contributed by atoms with Crippen LogP contribution in [0.2, 0.25) is 0 Å². The highest BCUT2D eigenvalue weighted by molar-refractivity contribution is 5.78. The lowest BCUT2D eigenvalue weighted by molar-refractivity contribution is -0.121. The Morgan fingerprint density at radius 3 is 2.88 bits per heavy atom. The topological polar surface area (TPSA) is 76.9 Å². The van der Waals surface area contributed by atoms with E-state index in [2.05, 4.69) is 15.3 Å². The summed E-state index contributed by atoms with van der Waals surface area (Å²) in [6.07, 6.45) is 3.58. The zero-order valence-electron chi connectivity index (χ0n) is 12.8. The number of fused-ring (bicyclic) bond motifs is 1. The van der Waals surface area contributed by atoms with Crippen LogP contribution in [0.25, 0.3) is 10.9 Å². The number of rotatable bonds is 5. The molecule has 0 saturated heterocycles. The van der Waals surface area contributed by atoms with Crippen molar-refractivity contribution in [3.05, 3.63) is 70.8 Å². The predicted octanol–water partition coefficient (Wildman–Crippen LogP) is 1.29. The van der Waals surface area contributed by atoms with Gasteiger partial charge in [-0.25, -0.2) is 9.37 Å². The highest BCUT2D eigenvalue weighted by Gasteiger charge is 2.08. The fraction of sp³-hybridized carbons (Fsp3) is 0.176. The molecule has 0 unspecified atom stereocenters. The molecule has 1 N–H and O–H groups in total. The maximum absolute atomic E-state index is 13.3. The summed E-state index contributed by atoms with van der Waals surface area (Å²) in [6, 6.07) is 9.37. The molecule has 3 rings (SSSR count). The summed E-state index contributed by atoms with van der Waals surface area (Å²) in [5, 5.41) is 2.88. The molecule has 122 valence electrons. The molecule has 7 heteroatoms. The molecule has 1 amide bonds. The van der Waals surface area contributed by atoms with Gasteiger partial charge in [0.2, 0.25) is 5.91 Å². The van der Waals surface area contributed by atoms with E-state index in [0.717, 1.165) is 16.3 Å². The SMILES string of the molecule is O=C(Cn1cnc2ccc(F)cc2c1=O)NCCc1ccccn1. The molecular weight excluding hydrogens is 311 g/mol. The third kappa shape index (κ3) is 3.62. The normalized spacial score (nSPS) is 10.7. The van der Waals surface area contributed by atoms with Gasteiger partial charge in [-0.1, -0.05) is 6.07 Å². The number of halogens is 1. The van der Waals surface area contributed by atoms with E-state index in [1.807, 2.05) is 18.2 Å². The summed E-state index contributed by atoms with van der Waals surface area (Å²) in [4.78, 5) is 32.5. The molecule has 2 aromatic heterocycles. The van der Waals surface area contributed by atoms with Crippen LogP contribution in [0, 0.1) is 5.82 Å². The van der Waals surface area contributed by atoms with Crippen LogP contribution in [-0.2, 0) is 17.8 Å². The Balaban J connectivity index is 1.65. The van der Waals surface area contributed by atoms with Crippen molar-refractivity contribution in [3.63, 3.8) is 0 Å². The van der Waals surface area contributed by atoms with Crippen molar-refractivity contribution >= 4 is 16.8 Å². The number of pyridine rings is 1. The van der Waals surface area contributed by atoms with Crippen molar-refractivity contribution in [2.75, 3.05) is 6.54 Å². The van der Waals surface area contributed by atoms with Gasteiger partial charge in [0.1, 0.15) is 12.4 Å². The third-order valence-corrected chi connectivity index (χ3v) is 3.53. The van der Waals surface area contributed by atoms with Gasteiger partial charge in [-0.2, -0.15) is 0 Å². The monoisotopic (exact) mass is 326 g/mol. The largest absolute Gasteiger partial charge is 0.354 e. The zero-order valence-corrected chi connectivity index (χ0v) is 12.8. The fourth-order valence-corrected chi connectivity index (χ4v) is 2.33. The Kier molecular flexibility index (Phi) is 4.60. The molecule has 0 fully saturated rings. The van der Waals surface area contributed by atoms with Gasteiger partial charge in [-0.15, -0.1) is 0 Å². The Morgan fingerprint density at radius 2 is 2.08 bits per heavy atom. The Morgan fingerprint density at radius 1 is 1.21 bits per heavy atom. The van der Waals surface area contributed by atoms with Crippen molar-refractivity contribution in [2.45, 2.75) is 13.0 Å². The number of amides is 1. The second-order valence-corrected chi connectivity index (χ2v) is 5.26. The van der Waals surface area contributed by atoms with Gasteiger partial charge >= 0.3 is 0 Å². The van der Waals surface area contributed by atoms with E-state index in [0.29, 0.717) is 18.5 Å². The quantitative estimate of drug-likeness (QED) is 0.766. The summed E-state index contributed by atoms with van der Waals surface area (Å²) >= 11 is 0. The summed E-state index contributed by atoms with van der Waals surface area (Å²) in [6.45, 7) is 0.251. The van der Waals surface area contributed by atoms with Crippen LogP contribution >= 0.6 is 0 Å². The number of hydrogen-bond donors (Lipinski definition) is 1. The molecule has 24 heavy (non-hydrogen) atoms. The van der Waals surface area contributed by atoms with Crippen LogP contribution in [0.5, 0.6) is 0 Å². The first kappa shape index (κ1) is 15.8. The number of hydrogen-bond acceptors (Lipinski definition) is 4. The van der Waals surface area contributed by atoms with Crippen LogP contribution < -0.4 is 10.9 Å². The van der Waals surface area contributed by atoms with Crippen molar-refractivity contribution in [3.8, 4) is 0 Å². The highest BCUT2D eigenvalue weighted by atomic mass is 19.1. The van der Waals surface area contributed by atoms with Crippen LogP contribution in [0.4, 0.5) is 4.39 Å². The lowest BCUT2D eigenvalue weighted by Crippen LogP contribution is -2.33. The van der Waals surface area contributed by atoms with E-state index in [4.69, 9.17) is 0 Å². The standard InChI is InChI=1S/C17H15FN4O2/c18-12-4-5-15-14(9-12)17(24)22(11-21-15)10-16(23)20-8-6-13-3-1-2-7-19-13/h1-5,7,9,11H,6,8,10H2,(H,20,23). The lowest BCUT2D eigenvalue weighted by atomic mass is 10.2. The Bertz CT molecular complexity index is 925. The predicted molar refractivity (Wildman–Crippen MR) is 86.9 cm³/mol. The van der Waals surface area contributed by atoms with E-state index in [9.17, 15) is 14.0 Å². The highest BCUT2D eigenvalue weighted by Crippen LogP contribution is 2.08. The third-order valence-electron chi connectivity index (χ3n) is 3.53. The minimum Gasteiger partial charge on any atom is -0.354 e. The average molecular weight is 326 g/mol. The first-order valence-corrected chi connectivity index (χ1v) is 7.45. The summed E-state index contributed by atoms with van der Waals surface area (Å²) in [5.41, 5.74) is 0.824. The molecule has 0 saturated carbocycles. The minimum atomic E-state index is -0.515. The molecule has 0 spiro atoms. The molecule has 2 heterocycles. The number of carbonyl (C=O) groups is 1. The maximum atomic E-state index is 13.3. The molecule has 6 nitrogen and oxygen atoms in total. The fourth-order valence-electron chi connectivity index (χ4n) is 2.33. The van der Waals surface area contributed by atoms with E-state index >= 15 is 0 Å². The van der Waals surface area contributed by atoms with Crippen molar-refractivity contribution in [1.82, 2.24) is 19.9 Å². The lowest BCUT2D eigenvalue weighted by Gasteiger charge is -2.08. The molecule has 0 bridgehead atoms. The minimum absolute atomic E-state index is 0.152. The first-order valence-electron chi connectivity index (χ1n) is 7.45. The van der Waals surface area contributed by atoms with E-state index in [1.165, 1.54) is 18.5 Å². The number of aromatic nitrogens is 3. The average Bonchev–Trinajstić information content (AvgIpc) is 2.59. The van der Waals surface area contributed by atoms with Gasteiger partial charge in [0.15, 0.2) is 0 Å². The van der Waals surface area contributed by atoms with Gasteiger partial charge in [0.05, 0.1) is 17.2 Å². The summed E-state index contributed by atoms with van der Waals surface area (Å²) in [7, 11) is 0. The molecule has 0 radical (unpaired) electrons. The molecular formula is C17H15FN4O2. The van der Waals surface area contributed by atoms with Crippen molar-refractivity contribution in [2.24, 2.45) is 0 Å². The van der Waals surface area contributed by atoms with E-state index in [-0.39, 0.29) is 17.8 Å². The molecule has 0 atom stereocenters. The Hall–Kier alpha value is -3.09. The molecule has 0 aliphatic carbocycles. The second kappa shape index (κ2) is 6.99. The molecule has 1 aromatic carbocycles. The van der Waals surface area contributed by atoms with Gasteiger partial charge in [0.25, 0.3) is 5.56 Å². The second-order valence-electron chi connectivity index (χ2n) is 5.26. The van der Waals surface area contributed by atoms with Crippen molar-refractivity contribution < 1.29 is 9.18 Å². The molecule has 3 aromatic rings. The summed E-state index contributed by atoms with van der Waals surface area (Å²) < 4.78 is 14.4. The van der Waals surface area contributed by atoms with Gasteiger partial charge in [0, 0.05) is 24.9 Å². The smallest absolute Gasteiger partial charge is 0.261 e. The van der Waals surface area contributed by atoms with Crippen LogP contribution in [0.1, 0.15) is 5.69 Å².